The van der Waals surface area contributed by atoms with Gasteiger partial charge in [-0.3, -0.25) is 0 Å². The summed E-state index contributed by atoms with van der Waals surface area (Å²) in [5, 5.41) is 19.6. The molecular formula is C64H43BBrCl2O2. The molecule has 70 heavy (non-hydrogen) atoms. The molecule has 1 radical (unpaired) electrons. The molecule has 0 aromatic heterocycles. The Morgan fingerprint density at radius 2 is 0.600 bits per heavy atom. The van der Waals surface area contributed by atoms with Crippen LogP contribution >= 0.6 is 39.1 Å². The molecule has 0 aliphatic rings. The van der Waals surface area contributed by atoms with Gasteiger partial charge in [-0.05, 0) is 151 Å². The zero-order valence-corrected chi connectivity index (χ0v) is 40.9. The van der Waals surface area contributed by atoms with Crippen LogP contribution < -0.4 is 4.65 Å². The maximum atomic E-state index is 8.21. The highest BCUT2D eigenvalue weighted by atomic mass is 79.9. The van der Waals surface area contributed by atoms with Crippen molar-refractivity contribution in [2.45, 2.75) is 0 Å². The summed E-state index contributed by atoms with van der Waals surface area (Å²) < 4.78 is 5.79. The average molecular weight is 1010 g/mol. The van der Waals surface area contributed by atoms with Crippen LogP contribution in [0.15, 0.2) is 259 Å². The molecule has 0 amide bonds. The predicted molar refractivity (Wildman–Crippen MR) is 303 cm³/mol. The highest BCUT2D eigenvalue weighted by Crippen LogP contribution is 2.47. The maximum absolute atomic E-state index is 8.21. The lowest BCUT2D eigenvalue weighted by Gasteiger charge is -2.19. The number of hydrogen-bond acceptors (Lipinski definition) is 2. The Kier molecular flexibility index (Phi) is 14.2. The van der Waals surface area contributed by atoms with Gasteiger partial charge in [0.2, 0.25) is 0 Å². The molecule has 0 heterocycles. The van der Waals surface area contributed by atoms with Crippen molar-refractivity contribution in [1.82, 2.24) is 0 Å². The summed E-state index contributed by atoms with van der Waals surface area (Å²) in [5.41, 5.74) is 12.5. The van der Waals surface area contributed by atoms with E-state index >= 15 is 0 Å². The first kappa shape index (κ1) is 46.3. The van der Waals surface area contributed by atoms with Gasteiger partial charge in [-0.2, -0.15) is 0 Å². The number of benzene rings is 12. The van der Waals surface area contributed by atoms with Crippen LogP contribution in [0.2, 0.25) is 10.0 Å². The molecule has 0 saturated carbocycles. The van der Waals surface area contributed by atoms with Crippen molar-refractivity contribution < 1.29 is 9.68 Å². The monoisotopic (exact) mass is 1000 g/mol. The molecule has 12 aromatic carbocycles. The first-order valence-electron chi connectivity index (χ1n) is 22.9. The van der Waals surface area contributed by atoms with Gasteiger partial charge < -0.3 is 9.68 Å². The van der Waals surface area contributed by atoms with Crippen LogP contribution in [0.5, 0.6) is 5.75 Å². The van der Waals surface area contributed by atoms with Crippen molar-refractivity contribution in [2.75, 3.05) is 0 Å². The second-order valence-corrected chi connectivity index (χ2v) is 18.3. The van der Waals surface area contributed by atoms with Gasteiger partial charge in [-0.25, -0.2) is 0 Å². The van der Waals surface area contributed by atoms with E-state index in [0.717, 1.165) is 9.50 Å². The van der Waals surface area contributed by atoms with Gasteiger partial charge in [-0.15, -0.1) is 0 Å². The summed E-state index contributed by atoms with van der Waals surface area (Å²) in [6.45, 7) is 0. The van der Waals surface area contributed by atoms with E-state index in [0.29, 0.717) is 18.5 Å². The molecule has 12 rings (SSSR count). The van der Waals surface area contributed by atoms with Gasteiger partial charge in [-0.1, -0.05) is 242 Å². The minimum Gasteiger partial charge on any atom is -0.537 e. The quantitative estimate of drug-likeness (QED) is 0.127. The third-order valence-electron chi connectivity index (χ3n) is 12.5. The van der Waals surface area contributed by atoms with E-state index in [1.165, 1.54) is 98.7 Å². The van der Waals surface area contributed by atoms with Crippen molar-refractivity contribution in [1.29, 1.82) is 0 Å². The molecule has 0 saturated heterocycles. The summed E-state index contributed by atoms with van der Waals surface area (Å²) in [4.78, 5) is 0. The van der Waals surface area contributed by atoms with E-state index in [1.807, 2.05) is 12.1 Å². The van der Waals surface area contributed by atoms with Gasteiger partial charge >= 0.3 is 7.69 Å². The second kappa shape index (κ2) is 21.5. The van der Waals surface area contributed by atoms with E-state index in [4.69, 9.17) is 28.2 Å². The Bertz CT molecular complexity index is 3640. The van der Waals surface area contributed by atoms with Crippen molar-refractivity contribution in [3.05, 3.63) is 269 Å². The summed E-state index contributed by atoms with van der Waals surface area (Å²) in [6, 6.07) is 88.4. The van der Waals surface area contributed by atoms with E-state index in [-0.39, 0.29) is 0 Å². The highest BCUT2D eigenvalue weighted by molar-refractivity contribution is 9.10. The minimum absolute atomic E-state index is 0.562. The van der Waals surface area contributed by atoms with Gasteiger partial charge in [0, 0.05) is 14.5 Å². The van der Waals surface area contributed by atoms with Crippen molar-refractivity contribution >= 4 is 89.9 Å². The lowest BCUT2D eigenvalue weighted by atomic mass is 9.84. The fourth-order valence-electron chi connectivity index (χ4n) is 9.43. The van der Waals surface area contributed by atoms with Crippen LogP contribution in [0.4, 0.5) is 0 Å². The average Bonchev–Trinajstić information content (AvgIpc) is 3.42. The maximum Gasteiger partial charge on any atom is 0.569 e. The molecule has 1 N–H and O–H groups in total. The predicted octanol–water partition coefficient (Wildman–Crippen LogP) is 19.0. The van der Waals surface area contributed by atoms with E-state index in [9.17, 15) is 0 Å². The lowest BCUT2D eigenvalue weighted by molar-refractivity contribution is 0.454. The summed E-state index contributed by atoms with van der Waals surface area (Å²) in [7, 11) is 0.628. The molecule has 2 nitrogen and oxygen atoms in total. The third-order valence-corrected chi connectivity index (χ3v) is 13.9. The van der Waals surface area contributed by atoms with E-state index in [1.54, 1.807) is 24.3 Å². The number of fused-ring (bicyclic) bond motifs is 4. The topological polar surface area (TPSA) is 29.5 Å². The normalized spacial score (nSPS) is 10.9. The van der Waals surface area contributed by atoms with E-state index in [2.05, 4.69) is 239 Å². The first-order valence-corrected chi connectivity index (χ1v) is 24.5. The van der Waals surface area contributed by atoms with Crippen LogP contribution in [-0.4, -0.2) is 12.7 Å². The van der Waals surface area contributed by atoms with Gasteiger partial charge in [0.15, 0.2) is 0 Å². The molecule has 0 aliphatic heterocycles. The number of hydrogen-bond donors (Lipinski definition) is 1. The highest BCUT2D eigenvalue weighted by Gasteiger charge is 2.19. The Hall–Kier alpha value is -7.44. The fraction of sp³-hybridized carbons (Fsp3) is 0. The zero-order valence-electron chi connectivity index (χ0n) is 37.8. The van der Waals surface area contributed by atoms with E-state index < -0.39 is 0 Å². The summed E-state index contributed by atoms with van der Waals surface area (Å²) >= 11 is 15.7. The molecule has 335 valence electrons. The Morgan fingerprint density at radius 3 is 0.986 bits per heavy atom. The third kappa shape index (κ3) is 9.61. The SMILES string of the molecule is Brc1c2ccccc2c(-c2ccccc2-c2ccccc2)c2ccccc12.Clc1ccc(-c2c3ccccc3c(-c3ccccc3-c3ccccc3)c3ccccc23)cc1.O[B]Oc1ccc(Cl)cc1. The molecular weight excluding hydrogens is 962 g/mol. The van der Waals surface area contributed by atoms with Crippen LogP contribution in [0, 0.1) is 0 Å². The lowest BCUT2D eigenvalue weighted by Crippen LogP contribution is -1.98. The van der Waals surface area contributed by atoms with Gasteiger partial charge in [0.1, 0.15) is 5.75 Å². The van der Waals surface area contributed by atoms with Crippen molar-refractivity contribution in [2.24, 2.45) is 0 Å². The fourth-order valence-corrected chi connectivity index (χ4v) is 10.4. The smallest absolute Gasteiger partial charge is 0.537 e. The molecule has 0 atom stereocenters. The van der Waals surface area contributed by atoms with Crippen molar-refractivity contribution in [3.8, 4) is 61.4 Å². The number of halogens is 3. The van der Waals surface area contributed by atoms with Gasteiger partial charge in [0.05, 0.1) is 0 Å². The van der Waals surface area contributed by atoms with Gasteiger partial charge in [0.25, 0.3) is 0 Å². The molecule has 0 bridgehead atoms. The summed E-state index contributed by atoms with van der Waals surface area (Å²) in [6.07, 6.45) is 0. The Balaban J connectivity index is 0.000000138. The molecule has 6 heteroatoms. The Morgan fingerprint density at radius 1 is 0.300 bits per heavy atom. The molecule has 0 fully saturated rings. The van der Waals surface area contributed by atoms with Crippen molar-refractivity contribution in [3.63, 3.8) is 0 Å². The van der Waals surface area contributed by atoms with Crippen LogP contribution in [0.25, 0.3) is 98.7 Å². The minimum atomic E-state index is 0.562. The molecule has 0 aliphatic carbocycles. The Labute approximate surface area is 427 Å². The first-order chi connectivity index (χ1) is 34.5. The molecule has 12 aromatic rings. The molecule has 0 spiro atoms. The molecule has 0 unspecified atom stereocenters. The van der Waals surface area contributed by atoms with Crippen LogP contribution in [0.1, 0.15) is 0 Å². The van der Waals surface area contributed by atoms with Crippen LogP contribution in [0.3, 0.4) is 0 Å². The number of rotatable bonds is 7. The van der Waals surface area contributed by atoms with Crippen LogP contribution in [-0.2, 0) is 0 Å². The second-order valence-electron chi connectivity index (χ2n) is 16.6. The zero-order chi connectivity index (χ0) is 47.8. The standard InChI is InChI=1S/C32H21Cl.C26H17Br.C6H5BClO2/c33-24-20-18-23(19-21-24)31-27-14-6-8-16-29(27)32(30-17-9-7-15-28(30)31)26-13-5-4-12-25(26)22-10-2-1-3-11-22;27-26-23-16-8-6-14-21(23)25(22-15-7-9-17-24(22)26)20-13-5-4-12-19(20)18-10-2-1-3-11-18;8-5-1-3-6(4-2-5)10-7-9/h1-21H;1-17H;1-4,9H. The summed E-state index contributed by atoms with van der Waals surface area (Å²) in [5.74, 6) is 0.562. The largest absolute Gasteiger partial charge is 0.569 e.